The first-order valence-electron chi connectivity index (χ1n) is 6.22. The van der Waals surface area contributed by atoms with E-state index in [0.29, 0.717) is 12.5 Å². The molecule has 0 radical (unpaired) electrons. The molecule has 3 rings (SSSR count). The first-order valence-corrected chi connectivity index (χ1v) is 6.22. The van der Waals surface area contributed by atoms with Crippen LogP contribution in [0.1, 0.15) is 18.5 Å². The lowest BCUT2D eigenvalue weighted by atomic mass is 10.1. The number of amides is 1. The van der Waals surface area contributed by atoms with Crippen molar-refractivity contribution in [2.75, 3.05) is 24.5 Å². The van der Waals surface area contributed by atoms with Crippen molar-refractivity contribution in [3.63, 3.8) is 0 Å². The Labute approximate surface area is 101 Å². The van der Waals surface area contributed by atoms with Crippen LogP contribution in [0.15, 0.2) is 18.2 Å². The highest BCUT2D eigenvalue weighted by Gasteiger charge is 2.36. The molecule has 0 N–H and O–H groups in total. The van der Waals surface area contributed by atoms with Crippen LogP contribution >= 0.6 is 0 Å². The van der Waals surface area contributed by atoms with E-state index >= 15 is 0 Å². The molecule has 1 atom stereocenters. The van der Waals surface area contributed by atoms with Crippen LogP contribution in [0.5, 0.6) is 0 Å². The number of carbonyl (C=O) groups is 1. The summed E-state index contributed by atoms with van der Waals surface area (Å²) >= 11 is 0. The van der Waals surface area contributed by atoms with E-state index in [4.69, 9.17) is 0 Å². The lowest BCUT2D eigenvalue weighted by molar-refractivity contribution is -0.117. The van der Waals surface area contributed by atoms with Crippen LogP contribution in [0.3, 0.4) is 0 Å². The molecule has 3 heterocycles. The fraction of sp³-hybridized carbons (Fsp3) is 0.538. The van der Waals surface area contributed by atoms with Gasteiger partial charge in [-0.1, -0.05) is 6.07 Å². The Bertz CT molecular complexity index is 442. The maximum absolute atomic E-state index is 12.0. The minimum Gasteiger partial charge on any atom is -0.298 e. The molecule has 1 aromatic heterocycles. The maximum Gasteiger partial charge on any atom is 0.229 e. The third-order valence-electron chi connectivity index (χ3n) is 3.66. The highest BCUT2D eigenvalue weighted by atomic mass is 16.2. The second kappa shape index (κ2) is 4.11. The molecule has 2 aliphatic heterocycles. The predicted octanol–water partition coefficient (Wildman–Crippen LogP) is 1.20. The standard InChI is InChI=1S/C13H17N3O/c1-10-4-2-5-12(14-10)16-9-11(8-13(16)17)15-6-3-7-15/h2,4-5,11H,3,6-9H2,1H3/t11-/m1/s1. The van der Waals surface area contributed by atoms with Crippen LogP contribution in [-0.2, 0) is 4.79 Å². The van der Waals surface area contributed by atoms with Gasteiger partial charge in [0.15, 0.2) is 0 Å². The second-order valence-electron chi connectivity index (χ2n) is 4.89. The van der Waals surface area contributed by atoms with E-state index in [1.807, 2.05) is 30.0 Å². The first-order chi connectivity index (χ1) is 8.24. The van der Waals surface area contributed by atoms with E-state index in [1.54, 1.807) is 0 Å². The molecule has 2 fully saturated rings. The molecule has 0 aromatic carbocycles. The van der Waals surface area contributed by atoms with E-state index in [9.17, 15) is 4.79 Å². The molecule has 0 saturated carbocycles. The average Bonchev–Trinajstić information content (AvgIpc) is 2.57. The van der Waals surface area contributed by atoms with E-state index in [2.05, 4.69) is 9.88 Å². The van der Waals surface area contributed by atoms with Gasteiger partial charge in [-0.2, -0.15) is 0 Å². The zero-order valence-corrected chi connectivity index (χ0v) is 10.1. The number of pyridine rings is 1. The number of hydrogen-bond donors (Lipinski definition) is 0. The molecule has 1 amide bonds. The quantitative estimate of drug-likeness (QED) is 0.767. The molecule has 4 nitrogen and oxygen atoms in total. The van der Waals surface area contributed by atoms with Crippen LogP contribution in [0.25, 0.3) is 0 Å². The van der Waals surface area contributed by atoms with Crippen LogP contribution in [0, 0.1) is 6.92 Å². The molecule has 17 heavy (non-hydrogen) atoms. The monoisotopic (exact) mass is 231 g/mol. The summed E-state index contributed by atoms with van der Waals surface area (Å²) in [6.07, 6.45) is 1.92. The van der Waals surface area contributed by atoms with Crippen molar-refractivity contribution in [3.8, 4) is 0 Å². The molecule has 0 unspecified atom stereocenters. The normalized spacial score (nSPS) is 25.1. The smallest absolute Gasteiger partial charge is 0.229 e. The Hall–Kier alpha value is -1.42. The minimum absolute atomic E-state index is 0.208. The van der Waals surface area contributed by atoms with Crippen molar-refractivity contribution in [3.05, 3.63) is 23.9 Å². The number of anilines is 1. The lowest BCUT2D eigenvalue weighted by Gasteiger charge is -2.35. The van der Waals surface area contributed by atoms with Gasteiger partial charge in [0.05, 0.1) is 0 Å². The third-order valence-corrected chi connectivity index (χ3v) is 3.66. The Balaban J connectivity index is 1.77. The summed E-state index contributed by atoms with van der Waals surface area (Å²) < 4.78 is 0. The lowest BCUT2D eigenvalue weighted by Crippen LogP contribution is -2.46. The highest BCUT2D eigenvalue weighted by Crippen LogP contribution is 2.25. The van der Waals surface area contributed by atoms with Crippen molar-refractivity contribution in [2.24, 2.45) is 0 Å². The number of hydrogen-bond acceptors (Lipinski definition) is 3. The number of rotatable bonds is 2. The first kappa shape index (κ1) is 10.7. The largest absolute Gasteiger partial charge is 0.298 e. The van der Waals surface area contributed by atoms with Crippen molar-refractivity contribution in [2.45, 2.75) is 25.8 Å². The van der Waals surface area contributed by atoms with Gasteiger partial charge in [-0.3, -0.25) is 14.6 Å². The SMILES string of the molecule is Cc1cccc(N2C[C@H](N3CCC3)CC2=O)n1. The van der Waals surface area contributed by atoms with Gasteiger partial charge in [0.1, 0.15) is 5.82 Å². The summed E-state index contributed by atoms with van der Waals surface area (Å²) in [5.74, 6) is 1.01. The van der Waals surface area contributed by atoms with Gasteiger partial charge in [-0.15, -0.1) is 0 Å². The number of likely N-dealkylation sites (tertiary alicyclic amines) is 1. The molecule has 0 spiro atoms. The van der Waals surface area contributed by atoms with Crippen molar-refractivity contribution >= 4 is 11.7 Å². The molecule has 0 aliphatic carbocycles. The molecule has 90 valence electrons. The van der Waals surface area contributed by atoms with Crippen LogP contribution in [0.4, 0.5) is 5.82 Å². The van der Waals surface area contributed by atoms with Gasteiger partial charge >= 0.3 is 0 Å². The van der Waals surface area contributed by atoms with Crippen molar-refractivity contribution in [1.29, 1.82) is 0 Å². The van der Waals surface area contributed by atoms with Gasteiger partial charge in [0.2, 0.25) is 5.91 Å². The number of nitrogens with zero attached hydrogens (tertiary/aromatic N) is 3. The third kappa shape index (κ3) is 1.93. The fourth-order valence-corrected chi connectivity index (χ4v) is 2.54. The molecular weight excluding hydrogens is 214 g/mol. The summed E-state index contributed by atoms with van der Waals surface area (Å²) in [4.78, 5) is 20.7. The van der Waals surface area contributed by atoms with Crippen LogP contribution in [-0.4, -0.2) is 41.5 Å². The second-order valence-corrected chi connectivity index (χ2v) is 4.89. The Morgan fingerprint density at radius 1 is 1.35 bits per heavy atom. The molecule has 4 heteroatoms. The molecule has 2 saturated heterocycles. The molecule has 2 aliphatic rings. The van der Waals surface area contributed by atoms with Gasteiger partial charge in [0, 0.05) is 24.7 Å². The maximum atomic E-state index is 12.0. The van der Waals surface area contributed by atoms with Crippen LogP contribution in [0.2, 0.25) is 0 Å². The van der Waals surface area contributed by atoms with Gasteiger partial charge in [0.25, 0.3) is 0 Å². The van der Waals surface area contributed by atoms with E-state index < -0.39 is 0 Å². The Kier molecular flexibility index (Phi) is 2.59. The number of carbonyl (C=O) groups excluding carboxylic acids is 1. The van der Waals surface area contributed by atoms with E-state index in [0.717, 1.165) is 31.1 Å². The number of aryl methyl sites for hydroxylation is 1. The van der Waals surface area contributed by atoms with E-state index in [1.165, 1.54) is 6.42 Å². The van der Waals surface area contributed by atoms with Crippen molar-refractivity contribution < 1.29 is 4.79 Å². The highest BCUT2D eigenvalue weighted by molar-refractivity contribution is 5.95. The van der Waals surface area contributed by atoms with Crippen molar-refractivity contribution in [1.82, 2.24) is 9.88 Å². The Morgan fingerprint density at radius 3 is 2.82 bits per heavy atom. The fourth-order valence-electron chi connectivity index (χ4n) is 2.54. The van der Waals surface area contributed by atoms with Gasteiger partial charge in [-0.05, 0) is 38.6 Å². The summed E-state index contributed by atoms with van der Waals surface area (Å²) in [6, 6.07) is 6.24. The van der Waals surface area contributed by atoms with Gasteiger partial charge in [-0.25, -0.2) is 4.98 Å². The van der Waals surface area contributed by atoms with E-state index in [-0.39, 0.29) is 5.91 Å². The minimum atomic E-state index is 0.208. The molecular formula is C13H17N3O. The topological polar surface area (TPSA) is 36.4 Å². The number of aromatic nitrogens is 1. The summed E-state index contributed by atoms with van der Waals surface area (Å²) in [5, 5.41) is 0. The zero-order valence-electron chi connectivity index (χ0n) is 10.1. The summed E-state index contributed by atoms with van der Waals surface area (Å²) in [7, 11) is 0. The molecule has 0 bridgehead atoms. The van der Waals surface area contributed by atoms with Crippen LogP contribution < -0.4 is 4.90 Å². The predicted molar refractivity (Wildman–Crippen MR) is 65.9 cm³/mol. The Morgan fingerprint density at radius 2 is 2.18 bits per heavy atom. The van der Waals surface area contributed by atoms with Gasteiger partial charge < -0.3 is 0 Å². The summed E-state index contributed by atoms with van der Waals surface area (Å²) in [6.45, 7) is 5.05. The zero-order chi connectivity index (χ0) is 11.8. The average molecular weight is 231 g/mol. The summed E-state index contributed by atoms with van der Waals surface area (Å²) in [5.41, 5.74) is 0.961. The molecule has 1 aromatic rings.